The minimum absolute atomic E-state index is 0.00175. The fourth-order valence-corrected chi connectivity index (χ4v) is 3.75. The molecule has 0 aliphatic carbocycles. The van der Waals surface area contributed by atoms with Crippen LogP contribution in [0.25, 0.3) is 0 Å². The fraction of sp³-hybridized carbons (Fsp3) is 0.500. The molecule has 0 saturated carbocycles. The summed E-state index contributed by atoms with van der Waals surface area (Å²) in [6.07, 6.45) is 3.97. The van der Waals surface area contributed by atoms with E-state index < -0.39 is 11.8 Å². The number of carbonyl (C=O) groups excluding carboxylic acids is 2. The first-order valence-corrected chi connectivity index (χ1v) is 9.08. The Hall–Kier alpha value is -0.480. The van der Waals surface area contributed by atoms with Crippen molar-refractivity contribution in [3.8, 4) is 0 Å². The van der Waals surface area contributed by atoms with Crippen molar-refractivity contribution in [2.45, 2.75) is 39.5 Å². The summed E-state index contributed by atoms with van der Waals surface area (Å²) in [6.45, 7) is 4.51. The molecule has 1 atom stereocenters. The SMILES string of the molecule is CCCCC(CC)CN1C(=O)c2c(Cl)c(Cl)c(Cl)c(Cl)c2C1=O. The molecule has 0 radical (unpaired) electrons. The van der Waals surface area contributed by atoms with E-state index in [2.05, 4.69) is 6.92 Å². The van der Waals surface area contributed by atoms with Crippen molar-refractivity contribution >= 4 is 58.2 Å². The highest BCUT2D eigenvalue weighted by molar-refractivity contribution is 6.55. The minimum Gasteiger partial charge on any atom is -0.274 e. The quantitative estimate of drug-likeness (QED) is 0.330. The third kappa shape index (κ3) is 3.34. The van der Waals surface area contributed by atoms with Gasteiger partial charge in [0.1, 0.15) is 0 Å². The number of imide groups is 1. The van der Waals surface area contributed by atoms with Gasteiger partial charge in [0.05, 0.1) is 31.2 Å². The molecule has 2 rings (SSSR count). The zero-order valence-corrected chi connectivity index (χ0v) is 15.9. The van der Waals surface area contributed by atoms with E-state index in [0.717, 1.165) is 25.7 Å². The Kier molecular flexibility index (Phi) is 6.23. The second-order valence-corrected chi connectivity index (χ2v) is 7.16. The number of hydrogen-bond donors (Lipinski definition) is 0. The molecule has 1 unspecified atom stereocenters. The first-order valence-electron chi connectivity index (χ1n) is 7.57. The Bertz CT molecular complexity index is 613. The van der Waals surface area contributed by atoms with Gasteiger partial charge < -0.3 is 0 Å². The second-order valence-electron chi connectivity index (χ2n) is 5.64. The number of amides is 2. The van der Waals surface area contributed by atoms with Crippen molar-refractivity contribution in [3.05, 3.63) is 31.2 Å². The number of unbranched alkanes of at least 4 members (excludes halogenated alkanes) is 1. The number of carbonyl (C=O) groups is 2. The van der Waals surface area contributed by atoms with Gasteiger partial charge in [0, 0.05) is 6.54 Å². The average molecular weight is 397 g/mol. The molecule has 0 spiro atoms. The van der Waals surface area contributed by atoms with E-state index >= 15 is 0 Å². The molecule has 1 heterocycles. The monoisotopic (exact) mass is 395 g/mol. The first-order chi connectivity index (χ1) is 10.8. The summed E-state index contributed by atoms with van der Waals surface area (Å²) in [5.41, 5.74) is 0.114. The van der Waals surface area contributed by atoms with Crippen molar-refractivity contribution in [1.29, 1.82) is 0 Å². The number of fused-ring (bicyclic) bond motifs is 1. The summed E-state index contributed by atoms with van der Waals surface area (Å²) in [4.78, 5) is 26.5. The van der Waals surface area contributed by atoms with Crippen LogP contribution >= 0.6 is 46.4 Å². The van der Waals surface area contributed by atoms with E-state index in [-0.39, 0.29) is 37.1 Å². The molecule has 7 heteroatoms. The molecular weight excluding hydrogens is 380 g/mol. The minimum atomic E-state index is -0.453. The van der Waals surface area contributed by atoms with Gasteiger partial charge >= 0.3 is 0 Å². The van der Waals surface area contributed by atoms with Crippen molar-refractivity contribution in [2.24, 2.45) is 5.92 Å². The maximum Gasteiger partial charge on any atom is 0.263 e. The lowest BCUT2D eigenvalue weighted by atomic mass is 9.99. The molecule has 0 bridgehead atoms. The normalized spacial score (nSPS) is 15.3. The van der Waals surface area contributed by atoms with Crippen LogP contribution in [0.15, 0.2) is 0 Å². The number of rotatable bonds is 6. The molecule has 2 amide bonds. The Morgan fingerprint density at radius 2 is 1.35 bits per heavy atom. The van der Waals surface area contributed by atoms with Crippen LogP contribution in [0.1, 0.15) is 60.2 Å². The topological polar surface area (TPSA) is 37.4 Å². The van der Waals surface area contributed by atoms with Gasteiger partial charge in [-0.25, -0.2) is 0 Å². The molecule has 126 valence electrons. The van der Waals surface area contributed by atoms with E-state index in [4.69, 9.17) is 46.4 Å². The maximum atomic E-state index is 12.6. The molecule has 3 nitrogen and oxygen atoms in total. The second kappa shape index (κ2) is 7.60. The van der Waals surface area contributed by atoms with Gasteiger partial charge in [0.15, 0.2) is 0 Å². The molecule has 0 N–H and O–H groups in total. The van der Waals surface area contributed by atoms with Gasteiger partial charge in [-0.05, 0) is 12.3 Å². The molecule has 0 fully saturated rings. The predicted molar refractivity (Wildman–Crippen MR) is 95.2 cm³/mol. The molecule has 1 aromatic carbocycles. The van der Waals surface area contributed by atoms with Gasteiger partial charge in [-0.1, -0.05) is 79.5 Å². The largest absolute Gasteiger partial charge is 0.274 e. The predicted octanol–water partition coefficient (Wildman–Crippen LogP) is 6.11. The first kappa shape index (κ1) is 18.9. The van der Waals surface area contributed by atoms with Crippen LogP contribution in [0.3, 0.4) is 0 Å². The lowest BCUT2D eigenvalue weighted by Gasteiger charge is -2.21. The van der Waals surface area contributed by atoms with Crippen molar-refractivity contribution in [1.82, 2.24) is 4.90 Å². The van der Waals surface area contributed by atoms with Crippen molar-refractivity contribution in [2.75, 3.05) is 6.54 Å². The highest BCUT2D eigenvalue weighted by Gasteiger charge is 2.41. The molecule has 0 aromatic heterocycles. The summed E-state index contributed by atoms with van der Waals surface area (Å²) in [6, 6.07) is 0. The Balaban J connectivity index is 2.38. The maximum absolute atomic E-state index is 12.6. The van der Waals surface area contributed by atoms with E-state index in [0.29, 0.717) is 6.54 Å². The van der Waals surface area contributed by atoms with Gasteiger partial charge in [-0.3, -0.25) is 14.5 Å². The Labute approximate surface area is 155 Å². The lowest BCUT2D eigenvalue weighted by Crippen LogP contribution is -2.34. The summed E-state index contributed by atoms with van der Waals surface area (Å²) >= 11 is 24.2. The Morgan fingerprint density at radius 1 is 0.870 bits per heavy atom. The van der Waals surface area contributed by atoms with Crippen LogP contribution in [0.5, 0.6) is 0 Å². The van der Waals surface area contributed by atoms with Crippen LogP contribution < -0.4 is 0 Å². The van der Waals surface area contributed by atoms with Gasteiger partial charge in [-0.2, -0.15) is 0 Å². The van der Waals surface area contributed by atoms with Crippen molar-refractivity contribution < 1.29 is 9.59 Å². The van der Waals surface area contributed by atoms with E-state index in [1.807, 2.05) is 6.92 Å². The smallest absolute Gasteiger partial charge is 0.263 e. The molecular formula is C16H17Cl4NO2. The van der Waals surface area contributed by atoms with Crippen LogP contribution in [-0.2, 0) is 0 Å². The average Bonchev–Trinajstić information content (AvgIpc) is 2.78. The van der Waals surface area contributed by atoms with E-state index in [1.165, 1.54) is 4.90 Å². The number of nitrogens with zero attached hydrogens (tertiary/aromatic N) is 1. The molecule has 0 saturated heterocycles. The molecule has 1 aliphatic rings. The van der Waals surface area contributed by atoms with Gasteiger partial charge in [-0.15, -0.1) is 0 Å². The van der Waals surface area contributed by atoms with E-state index in [9.17, 15) is 9.59 Å². The lowest BCUT2D eigenvalue weighted by molar-refractivity contribution is 0.0624. The summed E-state index contributed by atoms with van der Waals surface area (Å²) in [7, 11) is 0. The zero-order valence-electron chi connectivity index (χ0n) is 12.9. The van der Waals surface area contributed by atoms with Crippen LogP contribution in [0, 0.1) is 5.92 Å². The third-order valence-corrected chi connectivity index (χ3v) is 5.97. The summed E-state index contributed by atoms with van der Waals surface area (Å²) in [5, 5.41) is -0.0340. The standard InChI is InChI=1S/C16H17Cl4NO2/c1-3-5-6-8(4-2)7-21-15(22)9-10(16(21)23)12(18)14(20)13(19)11(9)17/h8H,3-7H2,1-2H3. The fourth-order valence-electron chi connectivity index (χ4n) is 2.74. The van der Waals surface area contributed by atoms with Gasteiger partial charge in [0.25, 0.3) is 11.8 Å². The summed E-state index contributed by atoms with van der Waals surface area (Å²) < 4.78 is 0. The van der Waals surface area contributed by atoms with Crippen LogP contribution in [-0.4, -0.2) is 23.3 Å². The van der Waals surface area contributed by atoms with Crippen molar-refractivity contribution in [3.63, 3.8) is 0 Å². The molecule has 1 aromatic rings. The Morgan fingerprint density at radius 3 is 1.74 bits per heavy atom. The van der Waals surface area contributed by atoms with Gasteiger partial charge in [0.2, 0.25) is 0 Å². The summed E-state index contributed by atoms with van der Waals surface area (Å²) in [5.74, 6) is -0.656. The highest BCUT2D eigenvalue weighted by atomic mass is 35.5. The molecule has 1 aliphatic heterocycles. The van der Waals surface area contributed by atoms with E-state index in [1.54, 1.807) is 0 Å². The third-order valence-electron chi connectivity index (χ3n) is 4.17. The number of halogens is 4. The molecule has 23 heavy (non-hydrogen) atoms. The van der Waals surface area contributed by atoms with Crippen LogP contribution in [0.2, 0.25) is 20.1 Å². The highest BCUT2D eigenvalue weighted by Crippen LogP contribution is 2.45. The van der Waals surface area contributed by atoms with Crippen LogP contribution in [0.4, 0.5) is 0 Å². The zero-order chi connectivity index (χ0) is 17.3. The number of benzene rings is 1. The number of hydrogen-bond acceptors (Lipinski definition) is 2.